The van der Waals surface area contributed by atoms with Crippen LogP contribution in [0.5, 0.6) is 11.5 Å². The zero-order valence-electron chi connectivity index (χ0n) is 16.0. The maximum Gasteiger partial charge on any atom is 0.270 e. The molecule has 0 saturated carbocycles. The van der Waals surface area contributed by atoms with Gasteiger partial charge in [0.25, 0.3) is 5.91 Å². The SMILES string of the molecule is COc1ccc(Nc2nc(C)cc(C(=O)NCc3ccccc3OC)n2)cc1. The van der Waals surface area contributed by atoms with E-state index in [0.29, 0.717) is 23.9 Å². The number of carbonyl (C=O) groups is 1. The summed E-state index contributed by atoms with van der Waals surface area (Å²) in [4.78, 5) is 21.2. The summed E-state index contributed by atoms with van der Waals surface area (Å²) in [6.07, 6.45) is 0. The quantitative estimate of drug-likeness (QED) is 0.655. The molecule has 1 amide bonds. The summed E-state index contributed by atoms with van der Waals surface area (Å²) < 4.78 is 10.5. The molecule has 0 aliphatic rings. The molecule has 0 spiro atoms. The lowest BCUT2D eigenvalue weighted by molar-refractivity contribution is 0.0945. The van der Waals surface area contributed by atoms with Gasteiger partial charge in [-0.25, -0.2) is 9.97 Å². The minimum atomic E-state index is -0.283. The second-order valence-corrected chi connectivity index (χ2v) is 6.07. The van der Waals surface area contributed by atoms with Gasteiger partial charge in [-0.1, -0.05) is 18.2 Å². The number of anilines is 2. The fraction of sp³-hybridized carbons (Fsp3) is 0.190. The normalized spacial score (nSPS) is 10.2. The molecular weight excluding hydrogens is 356 g/mol. The van der Waals surface area contributed by atoms with E-state index in [9.17, 15) is 4.79 Å². The zero-order valence-corrected chi connectivity index (χ0v) is 16.0. The smallest absolute Gasteiger partial charge is 0.270 e. The molecule has 1 heterocycles. The van der Waals surface area contributed by atoms with Crippen LogP contribution in [0.15, 0.2) is 54.6 Å². The number of hydrogen-bond acceptors (Lipinski definition) is 6. The Hall–Kier alpha value is -3.61. The molecule has 2 N–H and O–H groups in total. The van der Waals surface area contributed by atoms with Crippen LogP contribution < -0.4 is 20.1 Å². The molecule has 0 atom stereocenters. The molecular formula is C21H22N4O3. The van der Waals surface area contributed by atoms with Crippen LogP contribution in [0.2, 0.25) is 0 Å². The second kappa shape index (κ2) is 8.85. The third kappa shape index (κ3) is 4.76. The number of para-hydroxylation sites is 1. The molecule has 0 bridgehead atoms. The Kier molecular flexibility index (Phi) is 6.06. The summed E-state index contributed by atoms with van der Waals surface area (Å²) in [6, 6.07) is 16.6. The zero-order chi connectivity index (χ0) is 19.9. The monoisotopic (exact) mass is 378 g/mol. The predicted octanol–water partition coefficient (Wildman–Crippen LogP) is 3.48. The fourth-order valence-corrected chi connectivity index (χ4v) is 2.66. The summed E-state index contributed by atoms with van der Waals surface area (Å²) in [7, 11) is 3.22. The molecule has 3 rings (SSSR count). The fourth-order valence-electron chi connectivity index (χ4n) is 2.66. The number of ether oxygens (including phenoxy) is 2. The molecule has 3 aromatic rings. The van der Waals surface area contributed by atoms with Crippen molar-refractivity contribution in [2.75, 3.05) is 19.5 Å². The lowest BCUT2D eigenvalue weighted by Gasteiger charge is -2.11. The third-order valence-corrected chi connectivity index (χ3v) is 4.06. The average Bonchev–Trinajstić information content (AvgIpc) is 2.72. The summed E-state index contributed by atoms with van der Waals surface area (Å²) >= 11 is 0. The van der Waals surface area contributed by atoms with Crippen LogP contribution in [-0.2, 0) is 6.54 Å². The lowest BCUT2D eigenvalue weighted by atomic mass is 10.2. The van der Waals surface area contributed by atoms with Gasteiger partial charge < -0.3 is 20.1 Å². The number of aryl methyl sites for hydroxylation is 1. The first-order chi connectivity index (χ1) is 13.6. The van der Waals surface area contributed by atoms with Gasteiger partial charge in [0.1, 0.15) is 17.2 Å². The standard InChI is InChI=1S/C21H22N4O3/c1-14-12-18(20(26)22-13-15-6-4-5-7-19(15)28-3)25-21(23-14)24-16-8-10-17(27-2)11-9-16/h4-12H,13H2,1-3H3,(H,22,26)(H,23,24,25). The van der Waals surface area contributed by atoms with E-state index in [1.807, 2.05) is 55.5 Å². The van der Waals surface area contributed by atoms with Gasteiger partial charge in [-0.3, -0.25) is 4.79 Å². The highest BCUT2D eigenvalue weighted by molar-refractivity contribution is 5.92. The lowest BCUT2D eigenvalue weighted by Crippen LogP contribution is -2.24. The highest BCUT2D eigenvalue weighted by atomic mass is 16.5. The van der Waals surface area contributed by atoms with Crippen LogP contribution in [-0.4, -0.2) is 30.1 Å². The molecule has 7 heteroatoms. The van der Waals surface area contributed by atoms with Gasteiger partial charge in [0.2, 0.25) is 5.95 Å². The van der Waals surface area contributed by atoms with E-state index in [1.54, 1.807) is 20.3 Å². The largest absolute Gasteiger partial charge is 0.497 e. The van der Waals surface area contributed by atoms with Gasteiger partial charge in [-0.2, -0.15) is 0 Å². The maximum absolute atomic E-state index is 12.6. The van der Waals surface area contributed by atoms with E-state index >= 15 is 0 Å². The molecule has 28 heavy (non-hydrogen) atoms. The Morgan fingerprint density at radius 1 is 1.00 bits per heavy atom. The van der Waals surface area contributed by atoms with Crippen molar-refractivity contribution in [1.29, 1.82) is 0 Å². The Balaban J connectivity index is 1.71. The van der Waals surface area contributed by atoms with Gasteiger partial charge in [-0.05, 0) is 43.3 Å². The first-order valence-electron chi connectivity index (χ1n) is 8.76. The van der Waals surface area contributed by atoms with E-state index in [0.717, 1.165) is 22.7 Å². The maximum atomic E-state index is 12.6. The van der Waals surface area contributed by atoms with Crippen LogP contribution >= 0.6 is 0 Å². The van der Waals surface area contributed by atoms with E-state index in [-0.39, 0.29) is 5.91 Å². The minimum absolute atomic E-state index is 0.283. The van der Waals surface area contributed by atoms with Crippen molar-refractivity contribution in [3.8, 4) is 11.5 Å². The third-order valence-electron chi connectivity index (χ3n) is 4.06. The van der Waals surface area contributed by atoms with Gasteiger partial charge in [0.15, 0.2) is 0 Å². The number of hydrogen-bond donors (Lipinski definition) is 2. The van der Waals surface area contributed by atoms with E-state index in [1.165, 1.54) is 0 Å². The van der Waals surface area contributed by atoms with Gasteiger partial charge >= 0.3 is 0 Å². The Morgan fingerprint density at radius 3 is 2.46 bits per heavy atom. The number of methoxy groups -OCH3 is 2. The van der Waals surface area contributed by atoms with Gasteiger partial charge in [0, 0.05) is 23.5 Å². The summed E-state index contributed by atoms with van der Waals surface area (Å²) in [5.74, 6) is 1.55. The van der Waals surface area contributed by atoms with Gasteiger partial charge in [-0.15, -0.1) is 0 Å². The van der Waals surface area contributed by atoms with Crippen LogP contribution in [0, 0.1) is 6.92 Å². The molecule has 0 fully saturated rings. The summed E-state index contributed by atoms with van der Waals surface area (Å²) in [5, 5.41) is 5.98. The number of amides is 1. The predicted molar refractivity (Wildman–Crippen MR) is 107 cm³/mol. The average molecular weight is 378 g/mol. The van der Waals surface area contributed by atoms with Crippen molar-refractivity contribution in [1.82, 2.24) is 15.3 Å². The number of aromatic nitrogens is 2. The first-order valence-corrected chi connectivity index (χ1v) is 8.76. The topological polar surface area (TPSA) is 85.4 Å². The number of rotatable bonds is 7. The number of benzene rings is 2. The molecule has 0 radical (unpaired) electrons. The number of nitrogens with one attached hydrogen (secondary N) is 2. The van der Waals surface area contributed by atoms with Crippen LogP contribution in [0.25, 0.3) is 0 Å². The summed E-state index contributed by atoms with van der Waals surface area (Å²) in [6.45, 7) is 2.16. The number of carbonyl (C=O) groups excluding carboxylic acids is 1. The first kappa shape index (κ1) is 19.2. The molecule has 2 aromatic carbocycles. The molecule has 0 saturated heterocycles. The molecule has 0 unspecified atom stereocenters. The molecule has 1 aromatic heterocycles. The highest BCUT2D eigenvalue weighted by Crippen LogP contribution is 2.19. The van der Waals surface area contributed by atoms with Crippen LogP contribution in [0.4, 0.5) is 11.6 Å². The minimum Gasteiger partial charge on any atom is -0.497 e. The van der Waals surface area contributed by atoms with Crippen molar-refractivity contribution in [2.45, 2.75) is 13.5 Å². The van der Waals surface area contributed by atoms with Crippen molar-refractivity contribution >= 4 is 17.5 Å². The second-order valence-electron chi connectivity index (χ2n) is 6.07. The Labute approximate surface area is 163 Å². The van der Waals surface area contributed by atoms with E-state index in [2.05, 4.69) is 20.6 Å². The summed E-state index contributed by atoms with van der Waals surface area (Å²) in [5.41, 5.74) is 2.67. The van der Waals surface area contributed by atoms with Crippen molar-refractivity contribution in [3.05, 3.63) is 71.5 Å². The number of nitrogens with zero attached hydrogens (tertiary/aromatic N) is 2. The Bertz CT molecular complexity index is 958. The molecule has 0 aliphatic heterocycles. The van der Waals surface area contributed by atoms with Crippen molar-refractivity contribution < 1.29 is 14.3 Å². The highest BCUT2D eigenvalue weighted by Gasteiger charge is 2.12. The van der Waals surface area contributed by atoms with Crippen molar-refractivity contribution in [3.63, 3.8) is 0 Å². The van der Waals surface area contributed by atoms with E-state index < -0.39 is 0 Å². The molecule has 144 valence electrons. The van der Waals surface area contributed by atoms with Gasteiger partial charge in [0.05, 0.1) is 14.2 Å². The van der Waals surface area contributed by atoms with E-state index in [4.69, 9.17) is 9.47 Å². The van der Waals surface area contributed by atoms with Crippen molar-refractivity contribution in [2.24, 2.45) is 0 Å². The molecule has 7 nitrogen and oxygen atoms in total. The van der Waals surface area contributed by atoms with Crippen LogP contribution in [0.1, 0.15) is 21.7 Å². The van der Waals surface area contributed by atoms with Crippen LogP contribution in [0.3, 0.4) is 0 Å². The molecule has 0 aliphatic carbocycles. The Morgan fingerprint density at radius 2 is 1.75 bits per heavy atom.